The Hall–Kier alpha value is -8.14. The van der Waals surface area contributed by atoms with Crippen LogP contribution >= 0.6 is 0 Å². The summed E-state index contributed by atoms with van der Waals surface area (Å²) in [5.41, 5.74) is 20.4. The summed E-state index contributed by atoms with van der Waals surface area (Å²) in [7, 11) is 0. The minimum Gasteiger partial charge on any atom is -0.455 e. The molecule has 0 amide bonds. The van der Waals surface area contributed by atoms with Crippen LogP contribution in [0.15, 0.2) is 223 Å². The van der Waals surface area contributed by atoms with Crippen molar-refractivity contribution in [1.29, 1.82) is 0 Å². The summed E-state index contributed by atoms with van der Waals surface area (Å²) < 4.78 is 6.63. The lowest BCUT2D eigenvalue weighted by molar-refractivity contribution is 0.669. The predicted octanol–water partition coefficient (Wildman–Crippen LogP) is 15.1. The van der Waals surface area contributed by atoms with Crippen LogP contribution in [0.2, 0.25) is 0 Å². The Morgan fingerprint density at radius 3 is 1.50 bits per heavy atom. The Labute approximate surface area is 359 Å². The molecule has 3 nitrogen and oxygen atoms in total. The van der Waals surface area contributed by atoms with Crippen LogP contribution in [0, 0.1) is 0 Å². The molecular weight excluding hydrogens is 753 g/mol. The smallest absolute Gasteiger partial charge is 0.164 e. The van der Waals surface area contributed by atoms with Gasteiger partial charge in [-0.3, -0.25) is 0 Å². The number of para-hydroxylation sites is 2. The zero-order valence-corrected chi connectivity index (χ0v) is 33.6. The summed E-state index contributed by atoms with van der Waals surface area (Å²) in [6.45, 7) is 0. The number of furan rings is 1. The first kappa shape index (κ1) is 34.7. The molecule has 0 fully saturated rings. The third kappa shape index (κ3) is 4.94. The molecule has 2 aliphatic rings. The SMILES string of the molecule is c1ccc(-c2ccccc2-c2cc(-c3ccc4c(c3)C3(c5ccccc5-c5ccccc5-4)c4ccccc4-c4ccccc43)nc(-c3cccc4c3oc3ccccc34)n2)cc1. The van der Waals surface area contributed by atoms with Gasteiger partial charge in [-0.1, -0.05) is 194 Å². The molecule has 2 heterocycles. The topological polar surface area (TPSA) is 38.9 Å². The highest BCUT2D eigenvalue weighted by Crippen LogP contribution is 2.61. The van der Waals surface area contributed by atoms with E-state index in [-0.39, 0.29) is 0 Å². The molecular formula is C59H36N2O. The minimum absolute atomic E-state index is 0.605. The number of hydrogen-bond donors (Lipinski definition) is 0. The van der Waals surface area contributed by atoms with Gasteiger partial charge in [0.2, 0.25) is 0 Å². The van der Waals surface area contributed by atoms with Crippen LogP contribution in [0.25, 0.3) is 100 Å². The van der Waals surface area contributed by atoms with Gasteiger partial charge in [0.15, 0.2) is 5.82 Å². The van der Waals surface area contributed by atoms with Gasteiger partial charge in [0.25, 0.3) is 0 Å². The van der Waals surface area contributed by atoms with E-state index in [1.54, 1.807) is 0 Å². The van der Waals surface area contributed by atoms with Crippen molar-refractivity contribution < 1.29 is 4.42 Å². The van der Waals surface area contributed by atoms with Crippen molar-refractivity contribution >= 4 is 21.9 Å². The Morgan fingerprint density at radius 2 is 0.806 bits per heavy atom. The summed E-state index contributed by atoms with van der Waals surface area (Å²) in [5.74, 6) is 0.613. The Morgan fingerprint density at radius 1 is 0.306 bits per heavy atom. The Kier molecular flexibility index (Phi) is 7.52. The number of rotatable bonds is 4. The second-order valence-corrected chi connectivity index (χ2v) is 16.3. The normalized spacial score (nSPS) is 13.0. The van der Waals surface area contributed by atoms with Crippen LogP contribution in [0.1, 0.15) is 22.3 Å². The van der Waals surface area contributed by atoms with E-state index in [2.05, 4.69) is 206 Å². The molecule has 0 saturated carbocycles. The van der Waals surface area contributed by atoms with Gasteiger partial charge >= 0.3 is 0 Å². The van der Waals surface area contributed by atoms with Gasteiger partial charge in [0.1, 0.15) is 11.2 Å². The van der Waals surface area contributed by atoms with E-state index in [1.165, 1.54) is 55.6 Å². The van der Waals surface area contributed by atoms with E-state index in [0.717, 1.165) is 61.1 Å². The fourth-order valence-corrected chi connectivity index (χ4v) is 10.6. The highest BCUT2D eigenvalue weighted by atomic mass is 16.3. The Balaban J connectivity index is 1.13. The van der Waals surface area contributed by atoms with Crippen LogP contribution in [-0.4, -0.2) is 9.97 Å². The minimum atomic E-state index is -0.605. The number of nitrogens with zero attached hydrogens (tertiary/aromatic N) is 2. The maximum Gasteiger partial charge on any atom is 0.164 e. The van der Waals surface area contributed by atoms with E-state index >= 15 is 0 Å². The lowest BCUT2D eigenvalue weighted by Crippen LogP contribution is -2.29. The molecule has 9 aromatic carbocycles. The van der Waals surface area contributed by atoms with Gasteiger partial charge in [0.05, 0.1) is 22.4 Å². The summed E-state index contributed by atoms with van der Waals surface area (Å²) in [5, 5.41) is 2.12. The molecule has 3 heteroatoms. The van der Waals surface area contributed by atoms with Gasteiger partial charge in [0, 0.05) is 21.9 Å². The molecule has 0 aliphatic heterocycles. The first-order valence-corrected chi connectivity index (χ1v) is 21.2. The van der Waals surface area contributed by atoms with E-state index in [0.29, 0.717) is 5.82 Å². The van der Waals surface area contributed by atoms with Crippen LogP contribution in [0.4, 0.5) is 0 Å². The van der Waals surface area contributed by atoms with Gasteiger partial charge in [-0.05, 0) is 91.0 Å². The number of hydrogen-bond acceptors (Lipinski definition) is 3. The predicted molar refractivity (Wildman–Crippen MR) is 253 cm³/mol. The highest BCUT2D eigenvalue weighted by molar-refractivity contribution is 6.09. The summed E-state index contributed by atoms with van der Waals surface area (Å²) >= 11 is 0. The van der Waals surface area contributed by atoms with Gasteiger partial charge in [-0.2, -0.15) is 0 Å². The van der Waals surface area contributed by atoms with Crippen molar-refractivity contribution in [2.24, 2.45) is 0 Å². The quantitative estimate of drug-likeness (QED) is 0.178. The third-order valence-electron chi connectivity index (χ3n) is 13.2. The van der Waals surface area contributed by atoms with Crippen molar-refractivity contribution in [3.63, 3.8) is 0 Å². The van der Waals surface area contributed by atoms with Gasteiger partial charge in [-0.25, -0.2) is 9.97 Å². The summed E-state index contributed by atoms with van der Waals surface area (Å²) in [6.07, 6.45) is 0. The molecule has 0 atom stereocenters. The van der Waals surface area contributed by atoms with Crippen LogP contribution in [0.3, 0.4) is 0 Å². The summed E-state index contributed by atoms with van der Waals surface area (Å²) in [4.78, 5) is 10.9. The monoisotopic (exact) mass is 788 g/mol. The maximum atomic E-state index is 6.63. The zero-order chi connectivity index (χ0) is 40.8. The van der Waals surface area contributed by atoms with Gasteiger partial charge in [-0.15, -0.1) is 0 Å². The first-order chi connectivity index (χ1) is 30.8. The number of aromatic nitrogens is 2. The van der Waals surface area contributed by atoms with Crippen molar-refractivity contribution in [2.75, 3.05) is 0 Å². The second-order valence-electron chi connectivity index (χ2n) is 16.3. The molecule has 13 rings (SSSR count). The molecule has 0 saturated heterocycles. The van der Waals surface area contributed by atoms with Crippen molar-refractivity contribution in [1.82, 2.24) is 9.97 Å². The standard InChI is InChI=1S/C59H36N2O/c1-2-17-37(18-3-1)39-19-4-7-25-46(39)55-36-54(60-58(61-55)49-28-16-27-48-47-26-11-15-32-56(47)62-57(48)49)38-33-34-45-41-21-6-5-20-40(41)42-22-8-12-29-50(42)59(53(45)35-38)51-30-13-9-23-43(51)44-24-10-14-31-52(44)59/h1-36H. The fourth-order valence-electron chi connectivity index (χ4n) is 10.6. The van der Waals surface area contributed by atoms with Crippen LogP contribution < -0.4 is 0 Å². The molecule has 62 heavy (non-hydrogen) atoms. The van der Waals surface area contributed by atoms with Crippen molar-refractivity contribution in [3.8, 4) is 78.4 Å². The lowest BCUT2D eigenvalue weighted by Gasteiger charge is -2.35. The molecule has 0 radical (unpaired) electrons. The average molecular weight is 789 g/mol. The largest absolute Gasteiger partial charge is 0.455 e. The zero-order valence-electron chi connectivity index (χ0n) is 33.6. The lowest BCUT2D eigenvalue weighted by atomic mass is 9.65. The molecule has 288 valence electrons. The summed E-state index contributed by atoms with van der Waals surface area (Å²) in [6, 6.07) is 78.7. The average Bonchev–Trinajstić information content (AvgIpc) is 3.85. The second kappa shape index (κ2) is 13.4. The maximum absolute atomic E-state index is 6.63. The van der Waals surface area contributed by atoms with Crippen LogP contribution in [0.5, 0.6) is 0 Å². The van der Waals surface area contributed by atoms with E-state index in [4.69, 9.17) is 14.4 Å². The van der Waals surface area contributed by atoms with E-state index in [9.17, 15) is 0 Å². The number of benzene rings is 9. The molecule has 1 spiro atoms. The molecule has 0 N–H and O–H groups in total. The first-order valence-electron chi connectivity index (χ1n) is 21.2. The van der Waals surface area contributed by atoms with E-state index in [1.807, 2.05) is 12.1 Å². The highest BCUT2D eigenvalue weighted by Gasteiger charge is 2.49. The molecule has 2 aliphatic carbocycles. The van der Waals surface area contributed by atoms with E-state index < -0.39 is 5.41 Å². The molecule has 11 aromatic rings. The molecule has 0 bridgehead atoms. The van der Waals surface area contributed by atoms with Crippen molar-refractivity contribution in [2.45, 2.75) is 5.41 Å². The van der Waals surface area contributed by atoms with Crippen LogP contribution in [-0.2, 0) is 5.41 Å². The molecule has 0 unspecified atom stereocenters. The van der Waals surface area contributed by atoms with Gasteiger partial charge < -0.3 is 4.42 Å². The Bertz CT molecular complexity index is 3550. The number of fused-ring (bicyclic) bond motifs is 15. The third-order valence-corrected chi connectivity index (χ3v) is 13.2. The van der Waals surface area contributed by atoms with Crippen molar-refractivity contribution in [3.05, 3.63) is 241 Å². The molecule has 2 aromatic heterocycles. The fraction of sp³-hybridized carbons (Fsp3) is 0.0169.